The Morgan fingerprint density at radius 1 is 0.962 bits per heavy atom. The van der Waals surface area contributed by atoms with E-state index in [4.69, 9.17) is 10.5 Å². The Hall–Kier alpha value is -3.13. The van der Waals surface area contributed by atoms with Gasteiger partial charge in [-0.05, 0) is 29.8 Å². The van der Waals surface area contributed by atoms with Gasteiger partial charge in [0.25, 0.3) is 0 Å². The number of hydrogen-bond donors (Lipinski definition) is 2. The molecule has 8 heteroatoms. The number of benzene rings is 1. The Bertz CT molecular complexity index is 1020. The van der Waals surface area contributed by atoms with Gasteiger partial charge in [0.15, 0.2) is 0 Å². The quantitative estimate of drug-likeness (QED) is 0.715. The van der Waals surface area contributed by atoms with Gasteiger partial charge < -0.3 is 10.5 Å². The topological polar surface area (TPSA) is 107 Å². The number of nitrogens with one attached hydrogen (secondary N) is 1. The summed E-state index contributed by atoms with van der Waals surface area (Å²) in [7, 11) is -1.75. The predicted molar refractivity (Wildman–Crippen MR) is 102 cm³/mol. The third kappa shape index (κ3) is 4.09. The highest BCUT2D eigenvalue weighted by molar-refractivity contribution is 7.92. The molecule has 0 bridgehead atoms. The maximum atomic E-state index is 11.3. The van der Waals surface area contributed by atoms with E-state index in [0.717, 1.165) is 28.5 Å². The van der Waals surface area contributed by atoms with E-state index in [1.165, 1.54) is 0 Å². The van der Waals surface area contributed by atoms with Crippen molar-refractivity contribution in [3.63, 3.8) is 0 Å². The molecule has 0 aliphatic heterocycles. The molecule has 0 atom stereocenters. The number of methoxy groups -OCH3 is 1. The number of aromatic nitrogens is 2. The van der Waals surface area contributed by atoms with E-state index in [-0.39, 0.29) is 0 Å². The van der Waals surface area contributed by atoms with Gasteiger partial charge in [-0.15, -0.1) is 0 Å². The zero-order chi connectivity index (χ0) is 18.7. The summed E-state index contributed by atoms with van der Waals surface area (Å²) in [6.07, 6.45) is 4.46. The zero-order valence-corrected chi connectivity index (χ0v) is 15.1. The minimum Gasteiger partial charge on any atom is -0.481 e. The van der Waals surface area contributed by atoms with Crippen molar-refractivity contribution < 1.29 is 13.2 Å². The van der Waals surface area contributed by atoms with Crippen LogP contribution in [0.25, 0.3) is 22.3 Å². The predicted octanol–water partition coefficient (Wildman–Crippen LogP) is 2.77. The normalized spacial score (nSPS) is 11.2. The van der Waals surface area contributed by atoms with E-state index in [9.17, 15) is 8.42 Å². The van der Waals surface area contributed by atoms with Gasteiger partial charge in [-0.3, -0.25) is 4.72 Å². The fourth-order valence-electron chi connectivity index (χ4n) is 2.47. The summed E-state index contributed by atoms with van der Waals surface area (Å²) in [5, 5.41) is 0. The lowest BCUT2D eigenvalue weighted by molar-refractivity contribution is 0.398. The molecule has 0 radical (unpaired) electrons. The summed E-state index contributed by atoms with van der Waals surface area (Å²) in [5.41, 5.74) is 9.85. The summed E-state index contributed by atoms with van der Waals surface area (Å²) in [6, 6.07) is 12.6. The molecule has 0 saturated heterocycles. The van der Waals surface area contributed by atoms with Crippen molar-refractivity contribution in [2.45, 2.75) is 0 Å². The van der Waals surface area contributed by atoms with Crippen molar-refractivity contribution in [1.29, 1.82) is 0 Å². The summed E-state index contributed by atoms with van der Waals surface area (Å²) in [6.45, 7) is 0. The van der Waals surface area contributed by atoms with Gasteiger partial charge in [-0.1, -0.05) is 12.1 Å². The monoisotopic (exact) mass is 370 g/mol. The SMILES string of the molecule is COc1ccc(-c2cc(-c3ccc(NS(C)(=O)=O)cc3)cnc2N)cn1. The Labute approximate surface area is 151 Å². The smallest absolute Gasteiger partial charge is 0.229 e. The zero-order valence-electron chi connectivity index (χ0n) is 14.3. The van der Waals surface area contributed by atoms with Crippen molar-refractivity contribution in [2.24, 2.45) is 0 Å². The number of nitrogen functional groups attached to an aromatic ring is 1. The molecule has 0 aliphatic carbocycles. The largest absolute Gasteiger partial charge is 0.481 e. The Balaban J connectivity index is 1.94. The van der Waals surface area contributed by atoms with Crippen LogP contribution in [0.2, 0.25) is 0 Å². The number of hydrogen-bond acceptors (Lipinski definition) is 6. The molecular weight excluding hydrogens is 352 g/mol. The minimum absolute atomic E-state index is 0.399. The Kier molecular flexibility index (Phi) is 4.77. The second-order valence-electron chi connectivity index (χ2n) is 5.70. The third-order valence-electron chi connectivity index (χ3n) is 3.70. The van der Waals surface area contributed by atoms with Crippen molar-refractivity contribution in [2.75, 3.05) is 23.8 Å². The number of rotatable bonds is 5. The van der Waals surface area contributed by atoms with E-state index in [0.29, 0.717) is 17.4 Å². The molecule has 1 aromatic carbocycles. The highest BCUT2D eigenvalue weighted by Crippen LogP contribution is 2.30. The van der Waals surface area contributed by atoms with Gasteiger partial charge in [0, 0.05) is 40.8 Å². The van der Waals surface area contributed by atoms with Crippen LogP contribution in [-0.4, -0.2) is 31.8 Å². The Morgan fingerprint density at radius 2 is 1.62 bits per heavy atom. The number of ether oxygens (including phenoxy) is 1. The van der Waals surface area contributed by atoms with Crippen molar-refractivity contribution >= 4 is 21.5 Å². The fraction of sp³-hybridized carbons (Fsp3) is 0.111. The maximum absolute atomic E-state index is 11.3. The molecular formula is C18H18N4O3S. The number of sulfonamides is 1. The van der Waals surface area contributed by atoms with E-state index in [1.54, 1.807) is 37.7 Å². The average molecular weight is 370 g/mol. The van der Waals surface area contributed by atoms with Crippen LogP contribution in [0.4, 0.5) is 11.5 Å². The lowest BCUT2D eigenvalue weighted by atomic mass is 10.0. The molecule has 2 aromatic heterocycles. The molecule has 0 unspecified atom stereocenters. The van der Waals surface area contributed by atoms with Gasteiger partial charge in [-0.2, -0.15) is 0 Å². The highest BCUT2D eigenvalue weighted by atomic mass is 32.2. The molecule has 134 valence electrons. The van der Waals surface area contributed by atoms with Crippen molar-refractivity contribution in [3.8, 4) is 28.1 Å². The number of pyridine rings is 2. The molecule has 2 heterocycles. The van der Waals surface area contributed by atoms with Crippen LogP contribution in [0.1, 0.15) is 0 Å². The highest BCUT2D eigenvalue weighted by Gasteiger charge is 2.09. The van der Waals surface area contributed by atoms with Gasteiger partial charge >= 0.3 is 0 Å². The number of nitrogens with two attached hydrogens (primary N) is 1. The third-order valence-corrected chi connectivity index (χ3v) is 4.30. The summed E-state index contributed by atoms with van der Waals surface area (Å²) < 4.78 is 30.1. The molecule has 3 aromatic rings. The van der Waals surface area contributed by atoms with Crippen molar-refractivity contribution in [3.05, 3.63) is 54.9 Å². The number of nitrogens with zero attached hydrogens (tertiary/aromatic N) is 2. The van der Waals surface area contributed by atoms with E-state index < -0.39 is 10.0 Å². The average Bonchev–Trinajstić information content (AvgIpc) is 2.62. The van der Waals surface area contributed by atoms with Crippen molar-refractivity contribution in [1.82, 2.24) is 9.97 Å². The Morgan fingerprint density at radius 3 is 2.19 bits per heavy atom. The lowest BCUT2D eigenvalue weighted by Crippen LogP contribution is -2.09. The van der Waals surface area contributed by atoms with Gasteiger partial charge in [-0.25, -0.2) is 18.4 Å². The first-order valence-electron chi connectivity index (χ1n) is 7.70. The molecule has 3 rings (SSSR count). The van der Waals surface area contributed by atoms with Crippen LogP contribution in [0.15, 0.2) is 54.9 Å². The molecule has 0 spiro atoms. The minimum atomic E-state index is -3.30. The molecule has 7 nitrogen and oxygen atoms in total. The second-order valence-corrected chi connectivity index (χ2v) is 7.45. The maximum Gasteiger partial charge on any atom is 0.229 e. The first-order valence-corrected chi connectivity index (χ1v) is 9.59. The standard InChI is InChI=1S/C18H18N4O3S/c1-25-17-8-5-13(10-20-17)16-9-14(11-21-18(16)19)12-3-6-15(7-4-12)22-26(2,23)24/h3-11,22H,1-2H3,(H2,19,21). The first kappa shape index (κ1) is 17.7. The van der Waals surface area contributed by atoms with Crippen LogP contribution >= 0.6 is 0 Å². The molecule has 0 amide bonds. The van der Waals surface area contributed by atoms with Crippen LogP contribution in [0.5, 0.6) is 5.88 Å². The van der Waals surface area contributed by atoms with E-state index >= 15 is 0 Å². The van der Waals surface area contributed by atoms with Crippen LogP contribution < -0.4 is 15.2 Å². The fourth-order valence-corrected chi connectivity index (χ4v) is 3.03. The molecule has 26 heavy (non-hydrogen) atoms. The second kappa shape index (κ2) is 7.01. The van der Waals surface area contributed by atoms with Crippen LogP contribution in [-0.2, 0) is 10.0 Å². The molecule has 0 saturated carbocycles. The summed E-state index contributed by atoms with van der Waals surface area (Å²) >= 11 is 0. The van der Waals surface area contributed by atoms with E-state index in [2.05, 4.69) is 14.7 Å². The molecule has 0 fully saturated rings. The molecule has 0 aliphatic rings. The van der Waals surface area contributed by atoms with Gasteiger partial charge in [0.05, 0.1) is 13.4 Å². The van der Waals surface area contributed by atoms with E-state index in [1.807, 2.05) is 24.3 Å². The van der Waals surface area contributed by atoms with Crippen LogP contribution in [0.3, 0.4) is 0 Å². The summed E-state index contributed by atoms with van der Waals surface area (Å²) in [4.78, 5) is 8.46. The lowest BCUT2D eigenvalue weighted by Gasteiger charge is -2.10. The first-order chi connectivity index (χ1) is 12.4. The summed E-state index contributed by atoms with van der Waals surface area (Å²) in [5.74, 6) is 0.918. The number of anilines is 2. The van der Waals surface area contributed by atoms with Gasteiger partial charge in [0.1, 0.15) is 5.82 Å². The molecule has 3 N–H and O–H groups in total. The van der Waals surface area contributed by atoms with Gasteiger partial charge in [0.2, 0.25) is 15.9 Å². The van der Waals surface area contributed by atoms with Crippen LogP contribution in [0, 0.1) is 0 Å².